The van der Waals surface area contributed by atoms with Crippen molar-refractivity contribution in [1.82, 2.24) is 4.98 Å². The van der Waals surface area contributed by atoms with Gasteiger partial charge in [0.25, 0.3) is 0 Å². The van der Waals surface area contributed by atoms with Gasteiger partial charge in [-0.1, -0.05) is 29.8 Å². The summed E-state index contributed by atoms with van der Waals surface area (Å²) in [6, 6.07) is 8.51. The smallest absolute Gasteiger partial charge is 0.229 e. The number of aromatic nitrogens is 1. The third kappa shape index (κ3) is 3.20. The van der Waals surface area contributed by atoms with Crippen molar-refractivity contribution >= 4 is 22.4 Å². The van der Waals surface area contributed by atoms with Crippen LogP contribution >= 0.6 is 11.3 Å². The number of benzene rings is 1. The number of hydrogen-bond donors (Lipinski definition) is 1. The van der Waals surface area contributed by atoms with E-state index in [1.807, 2.05) is 6.20 Å². The van der Waals surface area contributed by atoms with Crippen molar-refractivity contribution in [2.45, 2.75) is 26.2 Å². The van der Waals surface area contributed by atoms with Crippen molar-refractivity contribution in [3.8, 4) is 0 Å². The minimum atomic E-state index is 0.122. The minimum Gasteiger partial charge on any atom is -0.302 e. The SMILES string of the molecule is Cc1ccc(Cc2cnc(NC(=O)C3CC3)s2)cc1. The van der Waals surface area contributed by atoms with Crippen molar-refractivity contribution in [3.05, 3.63) is 46.5 Å². The molecule has 1 fully saturated rings. The number of thiazole rings is 1. The Morgan fingerprint density at radius 1 is 1.37 bits per heavy atom. The van der Waals surface area contributed by atoms with E-state index in [0.717, 1.165) is 24.4 Å². The lowest BCUT2D eigenvalue weighted by Gasteiger charge is -1.99. The summed E-state index contributed by atoms with van der Waals surface area (Å²) < 4.78 is 0. The lowest BCUT2D eigenvalue weighted by molar-refractivity contribution is -0.117. The maximum Gasteiger partial charge on any atom is 0.229 e. The zero-order valence-corrected chi connectivity index (χ0v) is 11.7. The molecule has 1 aliphatic carbocycles. The molecule has 98 valence electrons. The van der Waals surface area contributed by atoms with Gasteiger partial charge >= 0.3 is 0 Å². The molecule has 0 radical (unpaired) electrons. The van der Waals surface area contributed by atoms with E-state index in [2.05, 4.69) is 41.5 Å². The van der Waals surface area contributed by atoms with Crippen LogP contribution in [0.3, 0.4) is 0 Å². The van der Waals surface area contributed by atoms with Gasteiger partial charge in [0.05, 0.1) is 0 Å². The van der Waals surface area contributed by atoms with Crippen LogP contribution in [0.15, 0.2) is 30.5 Å². The van der Waals surface area contributed by atoms with Gasteiger partial charge in [-0.3, -0.25) is 4.79 Å². The first-order valence-corrected chi connectivity index (χ1v) is 7.33. The number of amides is 1. The standard InChI is InChI=1S/C15H16N2OS/c1-10-2-4-11(5-3-10)8-13-9-16-15(19-13)17-14(18)12-6-7-12/h2-5,9,12H,6-8H2,1H3,(H,16,17,18). The fourth-order valence-corrected chi connectivity index (χ4v) is 2.76. The molecule has 0 unspecified atom stereocenters. The molecule has 4 heteroatoms. The van der Waals surface area contributed by atoms with Crippen LogP contribution in [-0.4, -0.2) is 10.9 Å². The van der Waals surface area contributed by atoms with Gasteiger partial charge in [0, 0.05) is 23.4 Å². The molecule has 3 rings (SSSR count). The summed E-state index contributed by atoms with van der Waals surface area (Å²) in [6.45, 7) is 2.09. The van der Waals surface area contributed by atoms with Crippen LogP contribution in [0.5, 0.6) is 0 Å². The summed E-state index contributed by atoms with van der Waals surface area (Å²) in [6.07, 6.45) is 4.77. The van der Waals surface area contributed by atoms with Crippen LogP contribution < -0.4 is 5.32 Å². The number of nitrogens with zero attached hydrogens (tertiary/aromatic N) is 1. The number of rotatable bonds is 4. The molecule has 1 amide bonds. The number of carbonyl (C=O) groups is 1. The zero-order valence-electron chi connectivity index (χ0n) is 10.8. The fraction of sp³-hybridized carbons (Fsp3) is 0.333. The summed E-state index contributed by atoms with van der Waals surface area (Å²) >= 11 is 1.56. The molecule has 0 atom stereocenters. The van der Waals surface area contributed by atoms with Gasteiger partial charge in [-0.25, -0.2) is 4.98 Å². The minimum absolute atomic E-state index is 0.122. The lowest BCUT2D eigenvalue weighted by Crippen LogP contribution is -2.12. The summed E-state index contributed by atoms with van der Waals surface area (Å²) in [5.74, 6) is 0.348. The first kappa shape index (κ1) is 12.4. The van der Waals surface area contributed by atoms with Crippen LogP contribution in [0.1, 0.15) is 28.8 Å². The van der Waals surface area contributed by atoms with E-state index in [1.54, 1.807) is 11.3 Å². The number of nitrogens with one attached hydrogen (secondary N) is 1. The molecule has 1 aromatic carbocycles. The van der Waals surface area contributed by atoms with Crippen LogP contribution in [0.2, 0.25) is 0 Å². The Morgan fingerprint density at radius 2 is 2.11 bits per heavy atom. The molecule has 3 nitrogen and oxygen atoms in total. The van der Waals surface area contributed by atoms with E-state index in [0.29, 0.717) is 0 Å². The Morgan fingerprint density at radius 3 is 2.79 bits per heavy atom. The van der Waals surface area contributed by atoms with Gasteiger partial charge in [-0.15, -0.1) is 11.3 Å². The maximum atomic E-state index is 11.6. The van der Waals surface area contributed by atoms with Crippen molar-refractivity contribution < 1.29 is 4.79 Å². The molecule has 0 bridgehead atoms. The molecule has 0 spiro atoms. The molecule has 19 heavy (non-hydrogen) atoms. The van der Waals surface area contributed by atoms with Gasteiger partial charge in [-0.2, -0.15) is 0 Å². The Labute approximate surface area is 116 Å². The van der Waals surface area contributed by atoms with Crippen LogP contribution in [0.25, 0.3) is 0 Å². The Hall–Kier alpha value is -1.68. The summed E-state index contributed by atoms with van der Waals surface area (Å²) in [5.41, 5.74) is 2.54. The van der Waals surface area contributed by atoms with Crippen LogP contribution in [0.4, 0.5) is 5.13 Å². The molecular formula is C15H16N2OS. The predicted octanol–water partition coefficient (Wildman–Crippen LogP) is 3.39. The van der Waals surface area contributed by atoms with E-state index < -0.39 is 0 Å². The van der Waals surface area contributed by atoms with E-state index in [9.17, 15) is 4.79 Å². The topological polar surface area (TPSA) is 42.0 Å². The Kier molecular flexibility index (Phi) is 3.34. The molecule has 1 saturated carbocycles. The highest BCUT2D eigenvalue weighted by Gasteiger charge is 2.30. The lowest BCUT2D eigenvalue weighted by atomic mass is 10.1. The summed E-state index contributed by atoms with van der Waals surface area (Å²) in [5, 5.41) is 3.61. The first-order chi connectivity index (χ1) is 9.20. The van der Waals surface area contributed by atoms with Crippen molar-refractivity contribution in [2.75, 3.05) is 5.32 Å². The second-order valence-electron chi connectivity index (χ2n) is 5.06. The number of carbonyl (C=O) groups excluding carboxylic acids is 1. The van der Waals surface area contributed by atoms with E-state index in [1.165, 1.54) is 16.0 Å². The average molecular weight is 272 g/mol. The van der Waals surface area contributed by atoms with Crippen molar-refractivity contribution in [2.24, 2.45) is 5.92 Å². The molecule has 1 N–H and O–H groups in total. The quantitative estimate of drug-likeness (QED) is 0.927. The molecule has 0 saturated heterocycles. The van der Waals surface area contributed by atoms with Gasteiger partial charge in [0.1, 0.15) is 0 Å². The highest BCUT2D eigenvalue weighted by atomic mass is 32.1. The van der Waals surface area contributed by atoms with Crippen LogP contribution in [0, 0.1) is 12.8 Å². The molecule has 1 aromatic heterocycles. The second-order valence-corrected chi connectivity index (χ2v) is 6.17. The average Bonchev–Trinajstić information content (AvgIpc) is 3.16. The third-order valence-corrected chi connectivity index (χ3v) is 4.14. The molecule has 2 aromatic rings. The van der Waals surface area contributed by atoms with Crippen molar-refractivity contribution in [3.63, 3.8) is 0 Å². The zero-order chi connectivity index (χ0) is 13.2. The summed E-state index contributed by atoms with van der Waals surface area (Å²) in [4.78, 5) is 17.1. The van der Waals surface area contributed by atoms with Crippen molar-refractivity contribution in [1.29, 1.82) is 0 Å². The van der Waals surface area contributed by atoms with E-state index in [4.69, 9.17) is 0 Å². The number of hydrogen-bond acceptors (Lipinski definition) is 3. The maximum absolute atomic E-state index is 11.6. The summed E-state index contributed by atoms with van der Waals surface area (Å²) in [7, 11) is 0. The van der Waals surface area contributed by atoms with Gasteiger partial charge in [0.2, 0.25) is 5.91 Å². The monoisotopic (exact) mass is 272 g/mol. The third-order valence-electron chi connectivity index (χ3n) is 3.23. The number of aryl methyl sites for hydroxylation is 1. The Bertz CT molecular complexity index is 584. The molecular weight excluding hydrogens is 256 g/mol. The van der Waals surface area contributed by atoms with Crippen LogP contribution in [-0.2, 0) is 11.2 Å². The van der Waals surface area contributed by atoms with Gasteiger partial charge in [0.15, 0.2) is 5.13 Å². The first-order valence-electron chi connectivity index (χ1n) is 6.52. The Balaban J connectivity index is 1.64. The number of anilines is 1. The largest absolute Gasteiger partial charge is 0.302 e. The molecule has 0 aliphatic heterocycles. The predicted molar refractivity (Wildman–Crippen MR) is 77.5 cm³/mol. The van der Waals surface area contributed by atoms with E-state index >= 15 is 0 Å². The second kappa shape index (κ2) is 5.13. The van der Waals surface area contributed by atoms with Gasteiger partial charge < -0.3 is 5.32 Å². The molecule has 1 aliphatic rings. The fourth-order valence-electron chi connectivity index (χ4n) is 1.91. The highest BCUT2D eigenvalue weighted by molar-refractivity contribution is 7.15. The molecule has 1 heterocycles. The van der Waals surface area contributed by atoms with Gasteiger partial charge in [-0.05, 0) is 25.3 Å². The normalized spacial score (nSPS) is 14.4. The highest BCUT2D eigenvalue weighted by Crippen LogP contribution is 2.31. The van der Waals surface area contributed by atoms with E-state index in [-0.39, 0.29) is 11.8 Å².